The maximum Gasteiger partial charge on any atom is 0.251 e. The van der Waals surface area contributed by atoms with Crippen LogP contribution >= 0.6 is 23.1 Å². The summed E-state index contributed by atoms with van der Waals surface area (Å²) in [6.07, 6.45) is 1.40. The van der Waals surface area contributed by atoms with Crippen LogP contribution in [0.4, 0.5) is 5.13 Å². The standard InChI is InChI=1S/C14H12N4O3S2/c1-21-8-2-3-9-10(6-8)23-14(16-9)18-12(20)7-22-13-15-5-4-11(19)17-13/h2-6H,7H2,1H3,(H,15,17,19)(H,16,18,20). The number of aromatic nitrogens is 3. The SMILES string of the molecule is COc1ccc2nc(NC(=O)CSc3nccc(=O)[nH]3)sc2c1. The van der Waals surface area contributed by atoms with Crippen LogP contribution in [0.25, 0.3) is 10.2 Å². The van der Waals surface area contributed by atoms with E-state index in [0.717, 1.165) is 27.7 Å². The molecule has 0 spiro atoms. The summed E-state index contributed by atoms with van der Waals surface area (Å²) in [5.41, 5.74) is 0.552. The molecule has 0 saturated carbocycles. The van der Waals surface area contributed by atoms with Crippen LogP contribution in [0.3, 0.4) is 0 Å². The van der Waals surface area contributed by atoms with Gasteiger partial charge in [0.2, 0.25) is 5.91 Å². The molecule has 9 heteroatoms. The summed E-state index contributed by atoms with van der Waals surface area (Å²) in [6.45, 7) is 0. The third-order valence-electron chi connectivity index (χ3n) is 2.83. The van der Waals surface area contributed by atoms with Gasteiger partial charge in [-0.15, -0.1) is 0 Å². The number of benzene rings is 1. The van der Waals surface area contributed by atoms with Gasteiger partial charge in [-0.3, -0.25) is 9.59 Å². The number of hydrogen-bond donors (Lipinski definition) is 2. The summed E-state index contributed by atoms with van der Waals surface area (Å²) in [7, 11) is 1.60. The molecule has 2 aromatic heterocycles. The molecule has 0 atom stereocenters. The smallest absolute Gasteiger partial charge is 0.251 e. The van der Waals surface area contributed by atoms with Crippen LogP contribution in [0.5, 0.6) is 5.75 Å². The number of thioether (sulfide) groups is 1. The fourth-order valence-electron chi connectivity index (χ4n) is 1.80. The highest BCUT2D eigenvalue weighted by molar-refractivity contribution is 7.99. The average Bonchev–Trinajstić information content (AvgIpc) is 2.94. The first-order chi connectivity index (χ1) is 11.1. The molecule has 0 radical (unpaired) electrons. The lowest BCUT2D eigenvalue weighted by molar-refractivity contribution is -0.113. The topological polar surface area (TPSA) is 97.0 Å². The molecule has 0 saturated heterocycles. The van der Waals surface area contributed by atoms with E-state index in [-0.39, 0.29) is 17.2 Å². The number of carbonyl (C=O) groups excluding carboxylic acids is 1. The maximum absolute atomic E-state index is 12.0. The Morgan fingerprint density at radius 3 is 3.09 bits per heavy atom. The molecule has 3 aromatic rings. The Labute approximate surface area is 139 Å². The van der Waals surface area contributed by atoms with Crippen LogP contribution in [-0.2, 0) is 4.79 Å². The van der Waals surface area contributed by atoms with Gasteiger partial charge in [-0.1, -0.05) is 23.1 Å². The van der Waals surface area contributed by atoms with Crippen molar-refractivity contribution in [3.05, 3.63) is 40.8 Å². The maximum atomic E-state index is 12.0. The molecule has 3 rings (SSSR count). The van der Waals surface area contributed by atoms with E-state index in [0.29, 0.717) is 10.3 Å². The number of nitrogens with one attached hydrogen (secondary N) is 2. The van der Waals surface area contributed by atoms with Crippen molar-refractivity contribution in [1.82, 2.24) is 15.0 Å². The van der Waals surface area contributed by atoms with Crippen molar-refractivity contribution in [3.8, 4) is 5.75 Å². The third-order valence-corrected chi connectivity index (χ3v) is 4.65. The van der Waals surface area contributed by atoms with Gasteiger partial charge in [0.25, 0.3) is 5.56 Å². The molecule has 0 unspecified atom stereocenters. The van der Waals surface area contributed by atoms with E-state index in [4.69, 9.17) is 4.74 Å². The third kappa shape index (κ3) is 3.88. The lowest BCUT2D eigenvalue weighted by Gasteiger charge is -2.00. The Hall–Kier alpha value is -2.39. The number of ether oxygens (including phenoxy) is 1. The first-order valence-electron chi connectivity index (χ1n) is 6.56. The number of methoxy groups -OCH3 is 1. The van der Waals surface area contributed by atoms with Crippen LogP contribution in [0.2, 0.25) is 0 Å². The van der Waals surface area contributed by atoms with Gasteiger partial charge >= 0.3 is 0 Å². The lowest BCUT2D eigenvalue weighted by Crippen LogP contribution is -2.14. The summed E-state index contributed by atoms with van der Waals surface area (Å²) in [5.74, 6) is 0.660. The zero-order valence-corrected chi connectivity index (χ0v) is 13.7. The average molecular weight is 348 g/mol. The number of amides is 1. The molecule has 2 heterocycles. The van der Waals surface area contributed by atoms with Gasteiger partial charge in [0.1, 0.15) is 5.75 Å². The summed E-state index contributed by atoms with van der Waals surface area (Å²) in [5, 5.41) is 3.67. The predicted molar refractivity (Wildman–Crippen MR) is 90.4 cm³/mol. The molecule has 0 aliphatic heterocycles. The van der Waals surface area contributed by atoms with Crippen molar-refractivity contribution in [2.24, 2.45) is 0 Å². The van der Waals surface area contributed by atoms with E-state index >= 15 is 0 Å². The number of anilines is 1. The van der Waals surface area contributed by atoms with Crippen LogP contribution < -0.4 is 15.6 Å². The normalized spacial score (nSPS) is 10.7. The van der Waals surface area contributed by atoms with Gasteiger partial charge in [0.05, 0.1) is 23.1 Å². The molecule has 118 valence electrons. The Balaban J connectivity index is 1.64. The summed E-state index contributed by atoms with van der Waals surface area (Å²) in [6, 6.07) is 6.85. The summed E-state index contributed by atoms with van der Waals surface area (Å²) >= 11 is 2.53. The molecule has 0 fully saturated rings. The molecule has 1 amide bonds. The molecule has 7 nitrogen and oxygen atoms in total. The van der Waals surface area contributed by atoms with Crippen LogP contribution in [-0.4, -0.2) is 33.7 Å². The highest BCUT2D eigenvalue weighted by Crippen LogP contribution is 2.29. The van der Waals surface area contributed by atoms with Gasteiger partial charge < -0.3 is 15.0 Å². The minimum atomic E-state index is -0.247. The number of H-pyrrole nitrogens is 1. The molecule has 2 N–H and O–H groups in total. The quantitative estimate of drug-likeness (QED) is 0.541. The molecule has 23 heavy (non-hydrogen) atoms. The van der Waals surface area contributed by atoms with Crippen LogP contribution in [0, 0.1) is 0 Å². The van der Waals surface area contributed by atoms with E-state index in [1.54, 1.807) is 7.11 Å². The fourth-order valence-corrected chi connectivity index (χ4v) is 3.36. The van der Waals surface area contributed by atoms with Gasteiger partial charge in [-0.25, -0.2) is 9.97 Å². The number of nitrogens with zero attached hydrogens (tertiary/aromatic N) is 2. The predicted octanol–water partition coefficient (Wildman–Crippen LogP) is 2.12. The fraction of sp³-hybridized carbons (Fsp3) is 0.143. The lowest BCUT2D eigenvalue weighted by atomic mass is 10.3. The second kappa shape index (κ2) is 6.80. The Bertz CT molecular complexity index is 906. The number of aromatic amines is 1. The van der Waals surface area contributed by atoms with Crippen LogP contribution in [0.15, 0.2) is 40.4 Å². The second-order valence-electron chi connectivity index (χ2n) is 4.43. The van der Waals surface area contributed by atoms with Gasteiger partial charge in [0.15, 0.2) is 10.3 Å². The Morgan fingerprint density at radius 1 is 1.43 bits per heavy atom. The number of fused-ring (bicyclic) bond motifs is 1. The minimum absolute atomic E-state index is 0.131. The highest BCUT2D eigenvalue weighted by Gasteiger charge is 2.09. The number of thiazole rings is 1. The molecular weight excluding hydrogens is 336 g/mol. The van der Waals surface area contributed by atoms with E-state index in [2.05, 4.69) is 20.3 Å². The van der Waals surface area contributed by atoms with Gasteiger partial charge in [-0.05, 0) is 18.2 Å². The monoisotopic (exact) mass is 348 g/mol. The molecule has 0 bridgehead atoms. The van der Waals surface area contributed by atoms with Crippen molar-refractivity contribution in [1.29, 1.82) is 0 Å². The van der Waals surface area contributed by atoms with E-state index < -0.39 is 0 Å². The first-order valence-corrected chi connectivity index (χ1v) is 8.37. The Kier molecular flexibility index (Phi) is 4.58. The highest BCUT2D eigenvalue weighted by atomic mass is 32.2. The van der Waals surface area contributed by atoms with Crippen molar-refractivity contribution in [2.75, 3.05) is 18.2 Å². The number of hydrogen-bond acceptors (Lipinski definition) is 7. The first kappa shape index (κ1) is 15.5. The van der Waals surface area contributed by atoms with E-state index in [1.165, 1.54) is 23.6 Å². The summed E-state index contributed by atoms with van der Waals surface area (Å²) in [4.78, 5) is 34.0. The zero-order chi connectivity index (χ0) is 16.2. The van der Waals surface area contributed by atoms with Gasteiger partial charge in [-0.2, -0.15) is 0 Å². The molecule has 1 aromatic carbocycles. The molecule has 0 aliphatic carbocycles. The number of carbonyl (C=O) groups is 1. The van der Waals surface area contributed by atoms with Gasteiger partial charge in [0, 0.05) is 12.3 Å². The van der Waals surface area contributed by atoms with Crippen LogP contribution in [0.1, 0.15) is 0 Å². The zero-order valence-electron chi connectivity index (χ0n) is 12.0. The molecule has 0 aliphatic rings. The van der Waals surface area contributed by atoms with Crippen molar-refractivity contribution < 1.29 is 9.53 Å². The molecular formula is C14H12N4O3S2. The second-order valence-corrected chi connectivity index (χ2v) is 6.42. The largest absolute Gasteiger partial charge is 0.497 e. The van der Waals surface area contributed by atoms with Crippen molar-refractivity contribution >= 4 is 44.4 Å². The summed E-state index contributed by atoms with van der Waals surface area (Å²) < 4.78 is 6.09. The van der Waals surface area contributed by atoms with Crippen molar-refractivity contribution in [3.63, 3.8) is 0 Å². The minimum Gasteiger partial charge on any atom is -0.497 e. The van der Waals surface area contributed by atoms with E-state index in [1.807, 2.05) is 18.2 Å². The van der Waals surface area contributed by atoms with E-state index in [9.17, 15) is 9.59 Å². The van der Waals surface area contributed by atoms with Crippen molar-refractivity contribution in [2.45, 2.75) is 5.16 Å². The number of rotatable bonds is 5. The Morgan fingerprint density at radius 2 is 2.30 bits per heavy atom.